The highest BCUT2D eigenvalue weighted by Gasteiger charge is 2.32. The maximum Gasteiger partial charge on any atom is 0.416 e. The highest BCUT2D eigenvalue weighted by atomic mass is 32.2. The molecule has 0 aliphatic heterocycles. The van der Waals surface area contributed by atoms with Gasteiger partial charge in [-0.15, -0.1) is 0 Å². The van der Waals surface area contributed by atoms with Crippen molar-refractivity contribution in [2.75, 3.05) is 5.32 Å². The van der Waals surface area contributed by atoms with Crippen LogP contribution in [0.3, 0.4) is 0 Å². The number of hydrogen-bond acceptors (Lipinski definition) is 4. The van der Waals surface area contributed by atoms with E-state index in [4.69, 9.17) is 9.88 Å². The van der Waals surface area contributed by atoms with Crippen LogP contribution in [0.25, 0.3) is 0 Å². The minimum absolute atomic E-state index is 0.0466. The lowest BCUT2D eigenvalue weighted by Gasteiger charge is -2.16. The van der Waals surface area contributed by atoms with Gasteiger partial charge in [0.15, 0.2) is 0 Å². The summed E-state index contributed by atoms with van der Waals surface area (Å²) in [5.74, 6) is -1.79. The second-order valence-corrected chi connectivity index (χ2v) is 8.31. The molecule has 168 valence electrons. The monoisotopic (exact) mass is 468 g/mol. The topological polar surface area (TPSA) is 98.5 Å². The molecule has 3 rings (SSSR count). The molecule has 0 aromatic heterocycles. The van der Waals surface area contributed by atoms with Gasteiger partial charge in [0.1, 0.15) is 17.3 Å². The lowest BCUT2D eigenvalue weighted by atomic mass is 10.1. The first-order chi connectivity index (χ1) is 14.8. The van der Waals surface area contributed by atoms with Crippen molar-refractivity contribution in [3.05, 3.63) is 83.2 Å². The maximum absolute atomic E-state index is 13.4. The van der Waals surface area contributed by atoms with Gasteiger partial charge in [0, 0.05) is 5.69 Å². The molecule has 0 aliphatic rings. The summed E-state index contributed by atoms with van der Waals surface area (Å²) in [5, 5.41) is 7.46. The second-order valence-electron chi connectivity index (χ2n) is 6.75. The van der Waals surface area contributed by atoms with Crippen LogP contribution in [0.1, 0.15) is 21.5 Å². The fraction of sp³-hybridized carbons (Fsp3) is 0.0952. The second kappa shape index (κ2) is 8.60. The molecule has 0 fully saturated rings. The van der Waals surface area contributed by atoms with E-state index < -0.39 is 39.2 Å². The van der Waals surface area contributed by atoms with E-state index in [9.17, 15) is 30.8 Å². The largest absolute Gasteiger partial charge is 0.456 e. The van der Waals surface area contributed by atoms with Crippen LogP contribution in [-0.4, -0.2) is 14.3 Å². The van der Waals surface area contributed by atoms with Gasteiger partial charge < -0.3 is 10.1 Å². The predicted molar refractivity (Wildman–Crippen MR) is 108 cm³/mol. The van der Waals surface area contributed by atoms with Crippen molar-refractivity contribution in [1.82, 2.24) is 0 Å². The van der Waals surface area contributed by atoms with Crippen LogP contribution in [0, 0.1) is 12.7 Å². The van der Waals surface area contributed by atoms with Gasteiger partial charge in [-0.3, -0.25) is 4.79 Å². The van der Waals surface area contributed by atoms with Crippen molar-refractivity contribution in [1.29, 1.82) is 0 Å². The van der Waals surface area contributed by atoms with Crippen molar-refractivity contribution >= 4 is 21.6 Å². The number of alkyl halides is 3. The molecule has 32 heavy (non-hydrogen) atoms. The zero-order chi connectivity index (χ0) is 23.7. The molecule has 0 bridgehead atoms. The summed E-state index contributed by atoms with van der Waals surface area (Å²) in [6, 6.07) is 10.7. The SMILES string of the molecule is Cc1cc(F)ccc1Oc1cc(C(F)(F)F)ccc1C(=O)Nc1cccc(S(N)(=O)=O)c1. The molecule has 11 heteroatoms. The number of nitrogens with one attached hydrogen (secondary N) is 1. The lowest BCUT2D eigenvalue weighted by molar-refractivity contribution is -0.137. The number of amides is 1. The smallest absolute Gasteiger partial charge is 0.416 e. The van der Waals surface area contributed by atoms with Gasteiger partial charge in [0.25, 0.3) is 5.91 Å². The minimum atomic E-state index is -4.70. The number of hydrogen-bond donors (Lipinski definition) is 2. The Morgan fingerprint density at radius 1 is 1.00 bits per heavy atom. The summed E-state index contributed by atoms with van der Waals surface area (Å²) in [5.41, 5.74) is -0.970. The molecular weight excluding hydrogens is 452 g/mol. The molecule has 1 amide bonds. The normalized spacial score (nSPS) is 11.8. The van der Waals surface area contributed by atoms with E-state index in [0.29, 0.717) is 17.7 Å². The Hall–Kier alpha value is -3.44. The standard InChI is InChI=1S/C21H16F4N2O4S/c1-12-9-14(22)6-8-18(12)31-19-10-13(21(23,24)25)5-7-17(19)20(28)27-15-3-2-4-16(11-15)32(26,29)30/h2-11H,1H3,(H,27,28)(H2,26,29,30). The van der Waals surface area contributed by atoms with Crippen molar-refractivity contribution in [2.24, 2.45) is 5.14 Å². The Morgan fingerprint density at radius 3 is 2.34 bits per heavy atom. The molecule has 0 saturated heterocycles. The molecule has 0 aliphatic carbocycles. The number of halogens is 4. The molecule has 3 N–H and O–H groups in total. The summed E-state index contributed by atoms with van der Waals surface area (Å²) in [6.07, 6.45) is -4.70. The average molecular weight is 468 g/mol. The van der Waals surface area contributed by atoms with Crippen LogP contribution in [0.5, 0.6) is 11.5 Å². The number of anilines is 1. The van der Waals surface area contributed by atoms with E-state index >= 15 is 0 Å². The van der Waals surface area contributed by atoms with Gasteiger partial charge in [0.2, 0.25) is 10.0 Å². The third-order valence-electron chi connectivity index (χ3n) is 4.33. The number of aryl methyl sites for hydroxylation is 1. The molecule has 3 aromatic carbocycles. The Kier molecular flexibility index (Phi) is 6.24. The van der Waals surface area contributed by atoms with Crippen LogP contribution in [0.15, 0.2) is 65.6 Å². The zero-order valence-electron chi connectivity index (χ0n) is 16.4. The Bertz CT molecular complexity index is 1290. The molecular formula is C21H16F4N2O4S. The van der Waals surface area contributed by atoms with Crippen molar-refractivity contribution in [2.45, 2.75) is 18.0 Å². The summed E-state index contributed by atoms with van der Waals surface area (Å²) in [7, 11) is -4.04. The highest BCUT2D eigenvalue weighted by Crippen LogP contribution is 2.36. The highest BCUT2D eigenvalue weighted by molar-refractivity contribution is 7.89. The van der Waals surface area contributed by atoms with E-state index in [-0.39, 0.29) is 21.9 Å². The third kappa shape index (κ3) is 5.42. The van der Waals surface area contributed by atoms with Gasteiger partial charge in [-0.1, -0.05) is 6.07 Å². The number of benzene rings is 3. The summed E-state index contributed by atoms with van der Waals surface area (Å²) in [6.45, 7) is 1.49. The first-order valence-corrected chi connectivity index (χ1v) is 10.5. The van der Waals surface area contributed by atoms with E-state index in [1.165, 1.54) is 31.2 Å². The quantitative estimate of drug-likeness (QED) is 0.524. The fourth-order valence-electron chi connectivity index (χ4n) is 2.77. The number of nitrogens with two attached hydrogens (primary N) is 1. The van der Waals surface area contributed by atoms with E-state index in [1.807, 2.05) is 0 Å². The third-order valence-corrected chi connectivity index (χ3v) is 5.24. The van der Waals surface area contributed by atoms with Crippen LogP contribution in [-0.2, 0) is 16.2 Å². The molecule has 6 nitrogen and oxygen atoms in total. The molecule has 0 heterocycles. The average Bonchev–Trinajstić information content (AvgIpc) is 2.69. The molecule has 3 aromatic rings. The Morgan fingerprint density at radius 2 is 1.72 bits per heavy atom. The molecule has 0 atom stereocenters. The van der Waals surface area contributed by atoms with Crippen LogP contribution in [0.2, 0.25) is 0 Å². The number of rotatable bonds is 5. The molecule has 0 radical (unpaired) electrons. The van der Waals surface area contributed by atoms with Crippen molar-refractivity contribution in [3.8, 4) is 11.5 Å². The fourth-order valence-corrected chi connectivity index (χ4v) is 3.33. The van der Waals surface area contributed by atoms with Gasteiger partial charge in [0.05, 0.1) is 16.0 Å². The van der Waals surface area contributed by atoms with Gasteiger partial charge in [-0.05, 0) is 67.1 Å². The Balaban J connectivity index is 2.00. The van der Waals surface area contributed by atoms with E-state index in [2.05, 4.69) is 5.32 Å². The van der Waals surface area contributed by atoms with Gasteiger partial charge >= 0.3 is 6.18 Å². The number of carbonyl (C=O) groups is 1. The number of sulfonamides is 1. The number of ether oxygens (including phenoxy) is 1. The predicted octanol–water partition coefficient (Wildman–Crippen LogP) is 4.84. The summed E-state index contributed by atoms with van der Waals surface area (Å²) in [4.78, 5) is 12.5. The van der Waals surface area contributed by atoms with Crippen LogP contribution >= 0.6 is 0 Å². The lowest BCUT2D eigenvalue weighted by Crippen LogP contribution is -2.16. The maximum atomic E-state index is 13.4. The van der Waals surface area contributed by atoms with Gasteiger partial charge in [-0.2, -0.15) is 13.2 Å². The first kappa shape index (κ1) is 23.2. The van der Waals surface area contributed by atoms with E-state index in [0.717, 1.165) is 24.3 Å². The summed E-state index contributed by atoms with van der Waals surface area (Å²) >= 11 is 0. The Labute approximate surface area is 180 Å². The number of primary sulfonamides is 1. The minimum Gasteiger partial charge on any atom is -0.456 e. The van der Waals surface area contributed by atoms with Crippen molar-refractivity contribution in [3.63, 3.8) is 0 Å². The van der Waals surface area contributed by atoms with E-state index in [1.54, 1.807) is 0 Å². The van der Waals surface area contributed by atoms with Crippen molar-refractivity contribution < 1.29 is 35.5 Å². The molecule has 0 saturated carbocycles. The first-order valence-electron chi connectivity index (χ1n) is 8.94. The molecule has 0 unspecified atom stereocenters. The zero-order valence-corrected chi connectivity index (χ0v) is 17.2. The van der Waals surface area contributed by atoms with Gasteiger partial charge in [-0.25, -0.2) is 17.9 Å². The number of carbonyl (C=O) groups excluding carboxylic acids is 1. The summed E-state index contributed by atoms with van der Waals surface area (Å²) < 4.78 is 81.5. The van der Waals surface area contributed by atoms with Crippen LogP contribution in [0.4, 0.5) is 23.2 Å². The van der Waals surface area contributed by atoms with Crippen LogP contribution < -0.4 is 15.2 Å². The molecule has 0 spiro atoms.